The van der Waals surface area contributed by atoms with Gasteiger partial charge < -0.3 is 10.6 Å². The molecule has 2 aromatic heterocycles. The van der Waals surface area contributed by atoms with Crippen molar-refractivity contribution in [1.29, 1.82) is 0 Å². The SMILES string of the molecule is Cc1cc(CC(C)NC(=O)Nc2cccc(-n3ccnn3)c2)n[nH]1. The highest BCUT2D eigenvalue weighted by atomic mass is 16.2. The molecular formula is C16H19N7O. The van der Waals surface area contributed by atoms with Gasteiger partial charge in [0.15, 0.2) is 0 Å². The number of hydrogen-bond donors (Lipinski definition) is 3. The molecular weight excluding hydrogens is 306 g/mol. The minimum Gasteiger partial charge on any atom is -0.335 e. The van der Waals surface area contributed by atoms with Crippen LogP contribution in [0.15, 0.2) is 42.7 Å². The highest BCUT2D eigenvalue weighted by Gasteiger charge is 2.10. The zero-order valence-corrected chi connectivity index (χ0v) is 13.5. The zero-order valence-electron chi connectivity index (χ0n) is 13.5. The van der Waals surface area contributed by atoms with Gasteiger partial charge in [-0.2, -0.15) is 5.10 Å². The van der Waals surface area contributed by atoms with Crippen LogP contribution in [0.2, 0.25) is 0 Å². The van der Waals surface area contributed by atoms with E-state index in [1.165, 1.54) is 0 Å². The van der Waals surface area contributed by atoms with Gasteiger partial charge in [0, 0.05) is 23.8 Å². The van der Waals surface area contributed by atoms with E-state index in [1.54, 1.807) is 17.1 Å². The Morgan fingerprint density at radius 3 is 2.96 bits per heavy atom. The lowest BCUT2D eigenvalue weighted by molar-refractivity contribution is 0.249. The van der Waals surface area contributed by atoms with Crippen molar-refractivity contribution in [2.75, 3.05) is 5.32 Å². The van der Waals surface area contributed by atoms with Crippen LogP contribution >= 0.6 is 0 Å². The predicted octanol–water partition coefficient (Wildman–Crippen LogP) is 2.05. The van der Waals surface area contributed by atoms with Crippen LogP contribution in [0, 0.1) is 6.92 Å². The quantitative estimate of drug-likeness (QED) is 0.668. The van der Waals surface area contributed by atoms with Gasteiger partial charge in [0.1, 0.15) is 0 Å². The fraction of sp³-hybridized carbons (Fsp3) is 0.250. The molecule has 3 N–H and O–H groups in total. The van der Waals surface area contributed by atoms with Gasteiger partial charge in [-0.1, -0.05) is 11.3 Å². The number of nitrogens with zero attached hydrogens (tertiary/aromatic N) is 4. The topological polar surface area (TPSA) is 101 Å². The van der Waals surface area contributed by atoms with Crippen LogP contribution in [-0.4, -0.2) is 37.3 Å². The van der Waals surface area contributed by atoms with Crippen LogP contribution in [0.1, 0.15) is 18.3 Å². The average molecular weight is 325 g/mol. The average Bonchev–Trinajstić information content (AvgIpc) is 3.19. The van der Waals surface area contributed by atoms with Crippen molar-refractivity contribution >= 4 is 11.7 Å². The number of rotatable bonds is 5. The largest absolute Gasteiger partial charge is 0.335 e. The molecule has 3 aromatic rings. The lowest BCUT2D eigenvalue weighted by Gasteiger charge is -2.14. The normalized spacial score (nSPS) is 11.9. The maximum absolute atomic E-state index is 12.1. The summed E-state index contributed by atoms with van der Waals surface area (Å²) in [5, 5.41) is 20.5. The Balaban J connectivity index is 1.57. The Bertz CT molecular complexity index is 809. The van der Waals surface area contributed by atoms with Crippen molar-refractivity contribution in [2.45, 2.75) is 26.3 Å². The maximum atomic E-state index is 12.1. The number of benzene rings is 1. The van der Waals surface area contributed by atoms with E-state index in [0.717, 1.165) is 17.1 Å². The molecule has 0 aliphatic carbocycles. The van der Waals surface area contributed by atoms with Crippen molar-refractivity contribution in [3.8, 4) is 5.69 Å². The van der Waals surface area contributed by atoms with E-state index in [9.17, 15) is 4.79 Å². The van der Waals surface area contributed by atoms with Gasteiger partial charge in [0.05, 0.1) is 23.8 Å². The number of aryl methyl sites for hydroxylation is 1. The number of H-pyrrole nitrogens is 1. The third-order valence-electron chi connectivity index (χ3n) is 3.44. The summed E-state index contributed by atoms with van der Waals surface area (Å²) in [5.74, 6) is 0. The van der Waals surface area contributed by atoms with Gasteiger partial charge in [-0.25, -0.2) is 9.48 Å². The fourth-order valence-corrected chi connectivity index (χ4v) is 2.41. The molecule has 0 fully saturated rings. The Hall–Kier alpha value is -3.16. The number of urea groups is 1. The van der Waals surface area contributed by atoms with E-state index < -0.39 is 0 Å². The van der Waals surface area contributed by atoms with Crippen LogP contribution in [-0.2, 0) is 6.42 Å². The zero-order chi connectivity index (χ0) is 16.9. The molecule has 8 nitrogen and oxygen atoms in total. The summed E-state index contributed by atoms with van der Waals surface area (Å²) in [6.45, 7) is 3.89. The van der Waals surface area contributed by atoms with E-state index in [0.29, 0.717) is 12.1 Å². The van der Waals surface area contributed by atoms with Crippen LogP contribution < -0.4 is 10.6 Å². The third-order valence-corrected chi connectivity index (χ3v) is 3.44. The van der Waals surface area contributed by atoms with Gasteiger partial charge in [0.2, 0.25) is 0 Å². The first kappa shape index (κ1) is 15.7. The van der Waals surface area contributed by atoms with Gasteiger partial charge in [-0.15, -0.1) is 5.10 Å². The third kappa shape index (κ3) is 3.97. The Morgan fingerprint density at radius 1 is 1.38 bits per heavy atom. The second-order valence-electron chi connectivity index (χ2n) is 5.64. The summed E-state index contributed by atoms with van der Waals surface area (Å²) in [6.07, 6.45) is 4.01. The van der Waals surface area contributed by atoms with E-state index in [1.807, 2.05) is 44.2 Å². The Kier molecular flexibility index (Phi) is 4.55. The summed E-state index contributed by atoms with van der Waals surface area (Å²) in [4.78, 5) is 12.1. The lowest BCUT2D eigenvalue weighted by Crippen LogP contribution is -2.37. The van der Waals surface area contributed by atoms with Crippen molar-refractivity contribution in [1.82, 2.24) is 30.5 Å². The number of amides is 2. The highest BCUT2D eigenvalue weighted by molar-refractivity contribution is 5.89. The molecule has 1 aromatic carbocycles. The molecule has 24 heavy (non-hydrogen) atoms. The fourth-order valence-electron chi connectivity index (χ4n) is 2.41. The van der Waals surface area contributed by atoms with Gasteiger partial charge in [-0.05, 0) is 38.1 Å². The standard InChI is InChI=1S/C16H19N7O/c1-11(8-14-9-12(2)20-21-14)18-16(24)19-13-4-3-5-15(10-13)23-7-6-17-22-23/h3-7,9-11H,8H2,1-2H3,(H,20,21)(H2,18,19,24). The second kappa shape index (κ2) is 6.95. The van der Waals surface area contributed by atoms with Gasteiger partial charge in [-0.3, -0.25) is 5.10 Å². The molecule has 1 unspecified atom stereocenters. The summed E-state index contributed by atoms with van der Waals surface area (Å²) in [7, 11) is 0. The smallest absolute Gasteiger partial charge is 0.319 e. The Morgan fingerprint density at radius 2 is 2.25 bits per heavy atom. The molecule has 2 heterocycles. The second-order valence-corrected chi connectivity index (χ2v) is 5.64. The van der Waals surface area contributed by atoms with Crippen molar-refractivity contribution in [3.63, 3.8) is 0 Å². The van der Waals surface area contributed by atoms with Crippen LogP contribution in [0.5, 0.6) is 0 Å². The maximum Gasteiger partial charge on any atom is 0.319 e. The van der Waals surface area contributed by atoms with E-state index in [2.05, 4.69) is 31.1 Å². The molecule has 0 radical (unpaired) electrons. The van der Waals surface area contributed by atoms with E-state index in [-0.39, 0.29) is 12.1 Å². The summed E-state index contributed by atoms with van der Waals surface area (Å²) in [6, 6.07) is 9.06. The van der Waals surface area contributed by atoms with Crippen molar-refractivity contribution in [2.24, 2.45) is 0 Å². The first-order valence-electron chi connectivity index (χ1n) is 7.65. The number of nitrogens with one attached hydrogen (secondary N) is 3. The number of carbonyl (C=O) groups excluding carboxylic acids is 1. The van der Waals surface area contributed by atoms with Gasteiger partial charge in [0.25, 0.3) is 0 Å². The van der Waals surface area contributed by atoms with Crippen molar-refractivity contribution < 1.29 is 4.79 Å². The summed E-state index contributed by atoms with van der Waals surface area (Å²) < 4.78 is 1.63. The molecule has 1 atom stereocenters. The summed E-state index contributed by atoms with van der Waals surface area (Å²) >= 11 is 0. The van der Waals surface area contributed by atoms with Crippen LogP contribution in [0.4, 0.5) is 10.5 Å². The number of carbonyl (C=O) groups is 1. The van der Waals surface area contributed by atoms with Crippen molar-refractivity contribution in [3.05, 3.63) is 54.1 Å². The highest BCUT2D eigenvalue weighted by Crippen LogP contribution is 2.13. The number of anilines is 1. The molecule has 2 amide bonds. The number of aromatic nitrogens is 5. The molecule has 8 heteroatoms. The molecule has 0 aliphatic rings. The number of aromatic amines is 1. The molecule has 0 saturated carbocycles. The molecule has 0 bridgehead atoms. The van der Waals surface area contributed by atoms with E-state index >= 15 is 0 Å². The molecule has 124 valence electrons. The molecule has 0 saturated heterocycles. The van der Waals surface area contributed by atoms with Crippen LogP contribution in [0.25, 0.3) is 5.69 Å². The molecule has 3 rings (SSSR count). The number of hydrogen-bond acceptors (Lipinski definition) is 4. The summed E-state index contributed by atoms with van der Waals surface area (Å²) in [5.41, 5.74) is 3.44. The molecule has 0 spiro atoms. The molecule has 0 aliphatic heterocycles. The first-order chi connectivity index (χ1) is 11.6. The lowest BCUT2D eigenvalue weighted by atomic mass is 10.2. The van der Waals surface area contributed by atoms with Gasteiger partial charge >= 0.3 is 6.03 Å². The first-order valence-corrected chi connectivity index (χ1v) is 7.65. The predicted molar refractivity (Wildman–Crippen MR) is 90.0 cm³/mol. The Labute approximate surface area is 139 Å². The monoisotopic (exact) mass is 325 g/mol. The minimum atomic E-state index is -0.259. The minimum absolute atomic E-state index is 0.0359. The van der Waals surface area contributed by atoms with Crippen LogP contribution in [0.3, 0.4) is 0 Å². The van der Waals surface area contributed by atoms with E-state index in [4.69, 9.17) is 0 Å².